The van der Waals surface area contributed by atoms with Crippen LogP contribution < -0.4 is 10.6 Å². The molecule has 4 rings (SSSR count). The van der Waals surface area contributed by atoms with Crippen molar-refractivity contribution in [1.29, 1.82) is 0 Å². The quantitative estimate of drug-likeness (QED) is 0.0659. The van der Waals surface area contributed by atoms with Gasteiger partial charge in [-0.3, -0.25) is 14.6 Å². The van der Waals surface area contributed by atoms with Crippen LogP contribution in [0, 0.1) is 5.92 Å². The number of fused-ring (bicyclic) bond motifs is 1. The summed E-state index contributed by atoms with van der Waals surface area (Å²) in [5, 5.41) is 7.10. The molecule has 2 N–H and O–H groups in total. The molecule has 2 atom stereocenters. The number of thioether (sulfide) groups is 1. The molecule has 0 bridgehead atoms. The smallest absolute Gasteiger partial charge is 0.310 e. The highest BCUT2D eigenvalue weighted by molar-refractivity contribution is 8.14. The Kier molecular flexibility index (Phi) is 11.3. The van der Waals surface area contributed by atoms with Crippen molar-refractivity contribution in [2.45, 2.75) is 54.4 Å². The highest BCUT2D eigenvalue weighted by Gasteiger charge is 2.34. The van der Waals surface area contributed by atoms with E-state index < -0.39 is 21.3 Å². The molecule has 0 saturated heterocycles. The first-order valence-electron chi connectivity index (χ1n) is 13.3. The van der Waals surface area contributed by atoms with Gasteiger partial charge in [0.1, 0.15) is 0 Å². The van der Waals surface area contributed by atoms with E-state index in [1.165, 1.54) is 6.08 Å². The maximum atomic E-state index is 12.8. The zero-order chi connectivity index (χ0) is 29.2. The number of nitrogens with one attached hydrogen (secondary N) is 2. The third-order valence-electron chi connectivity index (χ3n) is 6.43. The Balaban J connectivity index is 1.58. The van der Waals surface area contributed by atoms with Gasteiger partial charge in [0.2, 0.25) is 9.70 Å². The maximum absolute atomic E-state index is 12.8. The fourth-order valence-corrected chi connectivity index (χ4v) is 5.52. The van der Waals surface area contributed by atoms with Crippen molar-refractivity contribution in [3.8, 4) is 0 Å². The van der Waals surface area contributed by atoms with Crippen LogP contribution in [0.15, 0.2) is 77.9 Å². The van der Waals surface area contributed by atoms with Crippen LogP contribution in [0.1, 0.15) is 44.6 Å². The van der Waals surface area contributed by atoms with Crippen LogP contribution in [-0.2, 0) is 14.3 Å². The minimum atomic E-state index is -1.98. The van der Waals surface area contributed by atoms with Crippen LogP contribution in [0.5, 0.6) is 0 Å². The van der Waals surface area contributed by atoms with Crippen LogP contribution in [-0.4, -0.2) is 37.4 Å². The molecule has 1 aromatic heterocycles. The minimum absolute atomic E-state index is 0.105. The number of pyridine rings is 1. The second-order valence-corrected chi connectivity index (χ2v) is 13.2. The molecule has 41 heavy (non-hydrogen) atoms. The zero-order valence-corrected chi connectivity index (χ0v) is 25.5. The summed E-state index contributed by atoms with van der Waals surface area (Å²) >= 11 is 20.0. The molecule has 0 spiro atoms. The molecule has 2 unspecified atom stereocenters. The number of amidine groups is 1. The van der Waals surface area contributed by atoms with Gasteiger partial charge in [-0.15, -0.1) is 0 Å². The monoisotopic (exact) mass is 632 g/mol. The van der Waals surface area contributed by atoms with E-state index in [9.17, 15) is 9.59 Å². The molecule has 0 aliphatic heterocycles. The summed E-state index contributed by atoms with van der Waals surface area (Å²) < 4.78 is 3.79. The fourth-order valence-electron chi connectivity index (χ4n) is 4.42. The summed E-state index contributed by atoms with van der Waals surface area (Å²) in [6.45, 7) is 1.76. The average Bonchev–Trinajstić information content (AvgIpc) is 2.96. The second kappa shape index (κ2) is 14.9. The number of anilines is 1. The van der Waals surface area contributed by atoms with Gasteiger partial charge in [0.05, 0.1) is 17.1 Å². The molecule has 1 fully saturated rings. The molecule has 1 heterocycles. The molecule has 1 aliphatic carbocycles. The standard InChI is InChI=1S/C30H31Cl3N4O3S/c1-20(40-27(39)23-12-6-3-7-13-23)41-29(35-24-16-8-14-22-15-9-19-34-26(22)24)37-28(30(31,32)33)36-25(38)18-17-21-10-4-2-5-11-21/h2,4-5,8-11,14-20,23,28H,3,6-7,12-13H2,1H3,(H,35,37)(H,36,38)/b18-17+. The Labute approximate surface area is 259 Å². The number of para-hydroxylation sites is 1. The van der Waals surface area contributed by atoms with E-state index in [-0.39, 0.29) is 17.1 Å². The number of aliphatic imine (C=N–C) groups is 1. The van der Waals surface area contributed by atoms with Crippen LogP contribution in [0.25, 0.3) is 17.0 Å². The molecule has 7 nitrogen and oxygen atoms in total. The van der Waals surface area contributed by atoms with Gasteiger partial charge in [-0.1, -0.05) is 103 Å². The number of carbonyl (C=O) groups is 2. The summed E-state index contributed by atoms with van der Waals surface area (Å²) in [5.41, 5.74) is 1.59. The van der Waals surface area contributed by atoms with Crippen molar-refractivity contribution in [3.05, 3.63) is 78.5 Å². The van der Waals surface area contributed by atoms with Crippen molar-refractivity contribution in [2.24, 2.45) is 10.9 Å². The topological polar surface area (TPSA) is 92.7 Å². The molecule has 1 saturated carbocycles. The SMILES string of the molecule is CC(OC(=O)C1CCCCC1)SC(=NC(NC(=O)/C=C/c1ccccc1)C(Cl)(Cl)Cl)Nc1cccc2cccnc12. The third-order valence-corrected chi connectivity index (χ3v) is 7.91. The Morgan fingerprint density at radius 1 is 1.05 bits per heavy atom. The van der Waals surface area contributed by atoms with Crippen molar-refractivity contribution in [2.75, 3.05) is 5.32 Å². The van der Waals surface area contributed by atoms with Crippen LogP contribution in [0.4, 0.5) is 5.69 Å². The lowest BCUT2D eigenvalue weighted by Gasteiger charge is -2.25. The van der Waals surface area contributed by atoms with E-state index in [1.807, 2.05) is 60.7 Å². The van der Waals surface area contributed by atoms with E-state index in [4.69, 9.17) is 39.5 Å². The number of benzene rings is 2. The number of hydrogen-bond donors (Lipinski definition) is 2. The lowest BCUT2D eigenvalue weighted by molar-refractivity contribution is -0.150. The highest BCUT2D eigenvalue weighted by Crippen LogP contribution is 2.33. The first-order chi connectivity index (χ1) is 19.7. The number of carbonyl (C=O) groups excluding carboxylic acids is 2. The fraction of sp³-hybridized carbons (Fsp3) is 0.333. The second-order valence-electron chi connectivity index (χ2n) is 9.59. The molecule has 216 valence electrons. The number of hydrogen-bond acceptors (Lipinski definition) is 6. The third kappa shape index (κ3) is 9.64. The number of esters is 1. The van der Waals surface area contributed by atoms with Crippen molar-refractivity contribution >= 4 is 86.3 Å². The number of amides is 1. The Hall–Kier alpha value is -2.78. The van der Waals surface area contributed by atoms with Crippen LogP contribution >= 0.6 is 46.6 Å². The Bertz CT molecular complexity index is 1390. The van der Waals surface area contributed by atoms with E-state index in [0.717, 1.165) is 54.8 Å². The summed E-state index contributed by atoms with van der Waals surface area (Å²) in [6, 6.07) is 18.8. The summed E-state index contributed by atoms with van der Waals surface area (Å²) in [5.74, 6) is -0.831. The molecule has 3 aromatic rings. The summed E-state index contributed by atoms with van der Waals surface area (Å²) in [6.07, 6.45) is 8.26. The van der Waals surface area contributed by atoms with E-state index in [1.54, 1.807) is 19.2 Å². The molecule has 2 aromatic carbocycles. The predicted molar refractivity (Wildman–Crippen MR) is 170 cm³/mol. The molecular weight excluding hydrogens is 603 g/mol. The molecule has 0 radical (unpaired) electrons. The van der Waals surface area contributed by atoms with Crippen molar-refractivity contribution in [1.82, 2.24) is 10.3 Å². The number of nitrogens with zero attached hydrogens (tertiary/aromatic N) is 2. The van der Waals surface area contributed by atoms with E-state index in [0.29, 0.717) is 11.2 Å². The normalized spacial score (nSPS) is 16.3. The van der Waals surface area contributed by atoms with Crippen LogP contribution in [0.2, 0.25) is 0 Å². The Morgan fingerprint density at radius 2 is 1.78 bits per heavy atom. The molecular formula is C30H31Cl3N4O3S. The number of ether oxygens (including phenoxy) is 1. The number of rotatable bonds is 8. The number of halogens is 3. The van der Waals surface area contributed by atoms with Gasteiger partial charge in [-0.2, -0.15) is 0 Å². The molecule has 1 aliphatic rings. The zero-order valence-electron chi connectivity index (χ0n) is 22.4. The van der Waals surface area contributed by atoms with Crippen LogP contribution in [0.3, 0.4) is 0 Å². The molecule has 11 heteroatoms. The summed E-state index contributed by atoms with van der Waals surface area (Å²) in [7, 11) is 0. The van der Waals surface area contributed by atoms with Gasteiger partial charge in [-0.05, 0) is 55.3 Å². The minimum Gasteiger partial charge on any atom is -0.451 e. The average molecular weight is 634 g/mol. The van der Waals surface area contributed by atoms with E-state index in [2.05, 4.69) is 20.6 Å². The van der Waals surface area contributed by atoms with Gasteiger partial charge >= 0.3 is 5.97 Å². The van der Waals surface area contributed by atoms with Gasteiger partial charge in [-0.25, -0.2) is 4.99 Å². The van der Waals surface area contributed by atoms with Gasteiger partial charge in [0.25, 0.3) is 0 Å². The van der Waals surface area contributed by atoms with Gasteiger partial charge in [0, 0.05) is 17.7 Å². The largest absolute Gasteiger partial charge is 0.451 e. The highest BCUT2D eigenvalue weighted by atomic mass is 35.6. The summed E-state index contributed by atoms with van der Waals surface area (Å²) in [4.78, 5) is 34.7. The predicted octanol–water partition coefficient (Wildman–Crippen LogP) is 7.73. The maximum Gasteiger partial charge on any atom is 0.310 e. The first kappa shape index (κ1) is 31.2. The van der Waals surface area contributed by atoms with Gasteiger partial charge in [0.15, 0.2) is 16.8 Å². The van der Waals surface area contributed by atoms with Crippen molar-refractivity contribution < 1.29 is 14.3 Å². The van der Waals surface area contributed by atoms with Crippen molar-refractivity contribution in [3.63, 3.8) is 0 Å². The first-order valence-corrected chi connectivity index (χ1v) is 15.4. The lowest BCUT2D eigenvalue weighted by Crippen LogP contribution is -2.42. The lowest BCUT2D eigenvalue weighted by atomic mass is 9.89. The number of alkyl halides is 3. The Morgan fingerprint density at radius 3 is 2.51 bits per heavy atom. The molecule has 1 amide bonds. The number of aromatic nitrogens is 1. The van der Waals surface area contributed by atoms with E-state index >= 15 is 0 Å². The van der Waals surface area contributed by atoms with Gasteiger partial charge < -0.3 is 15.4 Å².